The van der Waals surface area contributed by atoms with Gasteiger partial charge in [0.05, 0.1) is 17.8 Å². The van der Waals surface area contributed by atoms with Gasteiger partial charge >= 0.3 is 0 Å². The SMILES string of the molecule is CCCn1ccnc1CNc1cccc(C)c1C#N. The summed E-state index contributed by atoms with van der Waals surface area (Å²) in [5.41, 5.74) is 2.56. The fourth-order valence-corrected chi connectivity index (χ4v) is 2.09. The van der Waals surface area contributed by atoms with E-state index in [0.29, 0.717) is 12.1 Å². The first-order chi connectivity index (χ1) is 9.26. The van der Waals surface area contributed by atoms with Gasteiger partial charge in [-0.05, 0) is 25.0 Å². The van der Waals surface area contributed by atoms with Crippen molar-refractivity contribution in [2.45, 2.75) is 33.4 Å². The van der Waals surface area contributed by atoms with Crippen LogP contribution in [0.5, 0.6) is 0 Å². The minimum absolute atomic E-state index is 0.630. The molecule has 0 bridgehead atoms. The molecule has 2 aromatic rings. The summed E-state index contributed by atoms with van der Waals surface area (Å²) in [6.07, 6.45) is 4.88. The molecule has 0 aliphatic heterocycles. The molecule has 0 aliphatic rings. The number of hydrogen-bond acceptors (Lipinski definition) is 3. The highest BCUT2D eigenvalue weighted by molar-refractivity contribution is 5.60. The number of aryl methyl sites for hydroxylation is 2. The second kappa shape index (κ2) is 6.05. The van der Waals surface area contributed by atoms with Gasteiger partial charge in [0.2, 0.25) is 0 Å². The summed E-state index contributed by atoms with van der Waals surface area (Å²) in [6.45, 7) is 5.69. The smallest absolute Gasteiger partial charge is 0.128 e. The summed E-state index contributed by atoms with van der Waals surface area (Å²) in [4.78, 5) is 4.35. The Morgan fingerprint density at radius 2 is 2.26 bits per heavy atom. The molecule has 0 radical (unpaired) electrons. The highest BCUT2D eigenvalue weighted by atomic mass is 15.1. The average molecular weight is 254 g/mol. The molecule has 4 nitrogen and oxygen atoms in total. The van der Waals surface area contributed by atoms with Crippen molar-refractivity contribution in [3.63, 3.8) is 0 Å². The van der Waals surface area contributed by atoms with Gasteiger partial charge in [0.25, 0.3) is 0 Å². The van der Waals surface area contributed by atoms with Crippen LogP contribution in [0.1, 0.15) is 30.3 Å². The molecule has 1 N–H and O–H groups in total. The first kappa shape index (κ1) is 13.2. The Hall–Kier alpha value is -2.28. The lowest BCUT2D eigenvalue weighted by Crippen LogP contribution is -2.09. The summed E-state index contributed by atoms with van der Waals surface area (Å²) in [5, 5.41) is 12.5. The Balaban J connectivity index is 2.13. The Bertz CT molecular complexity index is 592. The number of hydrogen-bond donors (Lipinski definition) is 1. The zero-order chi connectivity index (χ0) is 13.7. The van der Waals surface area contributed by atoms with Gasteiger partial charge in [0.1, 0.15) is 11.9 Å². The largest absolute Gasteiger partial charge is 0.377 e. The predicted molar refractivity (Wildman–Crippen MR) is 75.7 cm³/mol. The van der Waals surface area contributed by atoms with Gasteiger partial charge in [0, 0.05) is 18.9 Å². The van der Waals surface area contributed by atoms with E-state index in [0.717, 1.165) is 30.0 Å². The molecule has 98 valence electrons. The van der Waals surface area contributed by atoms with Crippen LogP contribution in [0.3, 0.4) is 0 Å². The van der Waals surface area contributed by atoms with Crippen LogP contribution in [0.15, 0.2) is 30.6 Å². The first-order valence-corrected chi connectivity index (χ1v) is 6.50. The molecule has 0 saturated heterocycles. The van der Waals surface area contributed by atoms with E-state index in [9.17, 15) is 5.26 Å². The molecule has 0 amide bonds. The molecule has 0 saturated carbocycles. The minimum atomic E-state index is 0.630. The highest BCUT2D eigenvalue weighted by Gasteiger charge is 2.06. The maximum Gasteiger partial charge on any atom is 0.128 e. The molecule has 1 aromatic heterocycles. The Morgan fingerprint density at radius 1 is 1.42 bits per heavy atom. The van der Waals surface area contributed by atoms with Gasteiger partial charge in [-0.2, -0.15) is 5.26 Å². The lowest BCUT2D eigenvalue weighted by molar-refractivity contribution is 0.644. The molecule has 0 fully saturated rings. The zero-order valence-corrected chi connectivity index (χ0v) is 11.3. The number of benzene rings is 1. The molecular formula is C15H18N4. The van der Waals surface area contributed by atoms with Gasteiger partial charge < -0.3 is 9.88 Å². The monoisotopic (exact) mass is 254 g/mol. The second-order valence-corrected chi connectivity index (χ2v) is 4.50. The van der Waals surface area contributed by atoms with Crippen molar-refractivity contribution in [2.24, 2.45) is 0 Å². The van der Waals surface area contributed by atoms with Crippen LogP contribution >= 0.6 is 0 Å². The van der Waals surface area contributed by atoms with Crippen molar-refractivity contribution in [3.05, 3.63) is 47.5 Å². The van der Waals surface area contributed by atoms with E-state index in [1.165, 1.54) is 0 Å². The molecule has 1 aromatic carbocycles. The molecule has 0 unspecified atom stereocenters. The summed E-state index contributed by atoms with van der Waals surface area (Å²) in [6, 6.07) is 8.07. The van der Waals surface area contributed by atoms with Crippen molar-refractivity contribution in [1.82, 2.24) is 9.55 Å². The Kier molecular flexibility index (Phi) is 4.19. The third-order valence-electron chi connectivity index (χ3n) is 3.09. The number of anilines is 1. The number of nitriles is 1. The molecule has 4 heteroatoms. The van der Waals surface area contributed by atoms with Crippen LogP contribution in [-0.2, 0) is 13.1 Å². The van der Waals surface area contributed by atoms with Crippen LogP contribution in [0.4, 0.5) is 5.69 Å². The molecule has 0 atom stereocenters. The van der Waals surface area contributed by atoms with Crippen LogP contribution in [0.2, 0.25) is 0 Å². The molecule has 1 heterocycles. The molecule has 19 heavy (non-hydrogen) atoms. The van der Waals surface area contributed by atoms with E-state index >= 15 is 0 Å². The normalized spacial score (nSPS) is 10.2. The van der Waals surface area contributed by atoms with Crippen LogP contribution in [0.25, 0.3) is 0 Å². The average Bonchev–Trinajstić information content (AvgIpc) is 2.84. The standard InChI is InChI=1S/C15H18N4/c1-3-8-19-9-7-17-15(19)11-18-14-6-4-5-12(2)13(14)10-16/h4-7,9,18H,3,8,11H2,1-2H3. The van der Waals surface area contributed by atoms with Crippen LogP contribution in [0, 0.1) is 18.3 Å². The minimum Gasteiger partial charge on any atom is -0.377 e. The zero-order valence-electron chi connectivity index (χ0n) is 11.3. The lowest BCUT2D eigenvalue weighted by atomic mass is 10.1. The number of imidazole rings is 1. The second-order valence-electron chi connectivity index (χ2n) is 4.50. The van der Waals surface area contributed by atoms with Crippen LogP contribution in [-0.4, -0.2) is 9.55 Å². The summed E-state index contributed by atoms with van der Waals surface area (Å²) in [7, 11) is 0. The topological polar surface area (TPSA) is 53.6 Å². The van der Waals surface area contributed by atoms with Crippen molar-refractivity contribution in [1.29, 1.82) is 5.26 Å². The highest BCUT2D eigenvalue weighted by Crippen LogP contribution is 2.18. The predicted octanol–water partition coefficient (Wildman–Crippen LogP) is 3.09. The fourth-order valence-electron chi connectivity index (χ4n) is 2.09. The third kappa shape index (κ3) is 2.94. The number of rotatable bonds is 5. The maximum atomic E-state index is 9.18. The Morgan fingerprint density at radius 3 is 3.00 bits per heavy atom. The van der Waals surface area contributed by atoms with Crippen LogP contribution < -0.4 is 5.32 Å². The Labute approximate surface area is 113 Å². The quantitative estimate of drug-likeness (QED) is 0.892. The van der Waals surface area contributed by atoms with Crippen molar-refractivity contribution < 1.29 is 0 Å². The van der Waals surface area contributed by atoms with Crippen molar-refractivity contribution in [3.8, 4) is 6.07 Å². The maximum absolute atomic E-state index is 9.18. The van der Waals surface area contributed by atoms with E-state index < -0.39 is 0 Å². The molecule has 0 aliphatic carbocycles. The number of nitrogens with one attached hydrogen (secondary N) is 1. The van der Waals surface area contributed by atoms with E-state index in [2.05, 4.69) is 27.9 Å². The van der Waals surface area contributed by atoms with Gasteiger partial charge in [-0.1, -0.05) is 19.1 Å². The van der Waals surface area contributed by atoms with E-state index in [1.807, 2.05) is 37.5 Å². The van der Waals surface area contributed by atoms with Crippen molar-refractivity contribution >= 4 is 5.69 Å². The first-order valence-electron chi connectivity index (χ1n) is 6.50. The van der Waals surface area contributed by atoms with E-state index in [1.54, 1.807) is 0 Å². The van der Waals surface area contributed by atoms with Gasteiger partial charge in [-0.15, -0.1) is 0 Å². The summed E-state index contributed by atoms with van der Waals surface area (Å²) < 4.78 is 2.13. The number of aromatic nitrogens is 2. The van der Waals surface area contributed by atoms with Gasteiger partial charge in [-0.25, -0.2) is 4.98 Å². The third-order valence-corrected chi connectivity index (χ3v) is 3.09. The molecule has 0 spiro atoms. The lowest BCUT2D eigenvalue weighted by Gasteiger charge is -2.11. The van der Waals surface area contributed by atoms with Gasteiger partial charge in [-0.3, -0.25) is 0 Å². The van der Waals surface area contributed by atoms with E-state index in [-0.39, 0.29) is 0 Å². The summed E-state index contributed by atoms with van der Waals surface area (Å²) in [5.74, 6) is 0.993. The van der Waals surface area contributed by atoms with E-state index in [4.69, 9.17) is 0 Å². The summed E-state index contributed by atoms with van der Waals surface area (Å²) >= 11 is 0. The molecular weight excluding hydrogens is 236 g/mol. The number of nitrogens with zero attached hydrogens (tertiary/aromatic N) is 3. The van der Waals surface area contributed by atoms with Gasteiger partial charge in [0.15, 0.2) is 0 Å². The van der Waals surface area contributed by atoms with Crippen molar-refractivity contribution in [2.75, 3.05) is 5.32 Å². The fraction of sp³-hybridized carbons (Fsp3) is 0.333. The molecule has 2 rings (SSSR count).